The van der Waals surface area contributed by atoms with Crippen LogP contribution in [0.15, 0.2) is 30.3 Å². The van der Waals surface area contributed by atoms with Gasteiger partial charge in [-0.05, 0) is 0 Å². The second kappa shape index (κ2) is 8.47. The van der Waals surface area contributed by atoms with Crippen molar-refractivity contribution in [2.45, 2.75) is 26.4 Å². The molecule has 4 heteroatoms. The van der Waals surface area contributed by atoms with E-state index in [1.54, 1.807) is 30.3 Å². The Balaban J connectivity index is 0.00000121. The molecule has 0 unspecified atom stereocenters. The van der Waals surface area contributed by atoms with E-state index in [0.29, 0.717) is 5.56 Å². The monoisotopic (exact) mass is 238 g/mol. The number of methoxy groups -OCH3 is 1. The van der Waals surface area contributed by atoms with Crippen molar-refractivity contribution in [3.05, 3.63) is 35.9 Å². The van der Waals surface area contributed by atoms with Gasteiger partial charge in [0.2, 0.25) is 0 Å². The number of carbonyl (C=O) groups excluding carboxylic acids is 2. The van der Waals surface area contributed by atoms with Gasteiger partial charge in [0.15, 0.2) is 11.9 Å². The lowest BCUT2D eigenvalue weighted by molar-refractivity contribution is -0.150. The molecule has 0 aliphatic heterocycles. The standard InChI is InChI=1S/C11H12O4.C2H6/c1-15-11(14)10(13)7-9(12)8-5-3-2-4-6-8;1-2/h2-6,10,13H,7H2,1H3;1-2H3/t10-;/m1./s1. The van der Waals surface area contributed by atoms with Crippen LogP contribution in [0.3, 0.4) is 0 Å². The first-order chi connectivity index (χ1) is 8.15. The highest BCUT2D eigenvalue weighted by Gasteiger charge is 2.19. The summed E-state index contributed by atoms with van der Waals surface area (Å²) in [5.74, 6) is -1.08. The molecule has 1 aromatic carbocycles. The number of hydrogen-bond donors (Lipinski definition) is 1. The first kappa shape index (κ1) is 15.3. The van der Waals surface area contributed by atoms with Gasteiger partial charge < -0.3 is 9.84 Å². The Morgan fingerprint density at radius 3 is 2.24 bits per heavy atom. The summed E-state index contributed by atoms with van der Waals surface area (Å²) in [6, 6.07) is 8.49. The smallest absolute Gasteiger partial charge is 0.335 e. The maximum Gasteiger partial charge on any atom is 0.335 e. The SMILES string of the molecule is CC.COC(=O)[C@H](O)CC(=O)c1ccccc1. The number of hydrogen-bond acceptors (Lipinski definition) is 4. The summed E-state index contributed by atoms with van der Waals surface area (Å²) in [7, 11) is 1.17. The van der Waals surface area contributed by atoms with E-state index in [0.717, 1.165) is 0 Å². The van der Waals surface area contributed by atoms with Gasteiger partial charge in [0.05, 0.1) is 7.11 Å². The number of benzene rings is 1. The van der Waals surface area contributed by atoms with Crippen LogP contribution in [-0.2, 0) is 9.53 Å². The first-order valence-corrected chi connectivity index (χ1v) is 5.49. The number of rotatable bonds is 4. The summed E-state index contributed by atoms with van der Waals surface area (Å²) in [5.41, 5.74) is 0.473. The van der Waals surface area contributed by atoms with Gasteiger partial charge in [0.25, 0.3) is 0 Å². The fourth-order valence-electron chi connectivity index (χ4n) is 1.14. The van der Waals surface area contributed by atoms with Crippen molar-refractivity contribution in [1.82, 2.24) is 0 Å². The average molecular weight is 238 g/mol. The highest BCUT2D eigenvalue weighted by atomic mass is 16.5. The van der Waals surface area contributed by atoms with Crippen LogP contribution in [-0.4, -0.2) is 30.1 Å². The number of aliphatic hydroxyl groups excluding tert-OH is 1. The van der Waals surface area contributed by atoms with Crippen molar-refractivity contribution in [2.24, 2.45) is 0 Å². The zero-order chi connectivity index (χ0) is 13.3. The van der Waals surface area contributed by atoms with Crippen molar-refractivity contribution in [3.63, 3.8) is 0 Å². The molecule has 1 atom stereocenters. The van der Waals surface area contributed by atoms with Gasteiger partial charge in [-0.2, -0.15) is 0 Å². The molecule has 0 fully saturated rings. The summed E-state index contributed by atoms with van der Waals surface area (Å²) in [6.45, 7) is 4.00. The number of esters is 1. The van der Waals surface area contributed by atoms with Gasteiger partial charge in [-0.1, -0.05) is 44.2 Å². The Kier molecular flexibility index (Phi) is 7.63. The third kappa shape index (κ3) is 5.26. The Morgan fingerprint density at radius 1 is 1.24 bits per heavy atom. The molecule has 0 amide bonds. The largest absolute Gasteiger partial charge is 0.467 e. The average Bonchev–Trinajstić information content (AvgIpc) is 2.40. The van der Waals surface area contributed by atoms with E-state index >= 15 is 0 Å². The molecular weight excluding hydrogens is 220 g/mol. The molecule has 0 heterocycles. The van der Waals surface area contributed by atoms with Gasteiger partial charge in [-0.15, -0.1) is 0 Å². The Labute approximate surface area is 101 Å². The molecule has 0 bridgehead atoms. The molecule has 0 aromatic heterocycles. The minimum absolute atomic E-state index is 0.253. The summed E-state index contributed by atoms with van der Waals surface area (Å²) >= 11 is 0. The van der Waals surface area contributed by atoms with E-state index in [1.807, 2.05) is 13.8 Å². The molecule has 17 heavy (non-hydrogen) atoms. The molecule has 0 spiro atoms. The molecule has 1 rings (SSSR count). The van der Waals surface area contributed by atoms with E-state index in [1.165, 1.54) is 7.11 Å². The Hall–Kier alpha value is -1.68. The lowest BCUT2D eigenvalue weighted by atomic mass is 10.1. The number of ether oxygens (including phenoxy) is 1. The lowest BCUT2D eigenvalue weighted by Gasteiger charge is -2.06. The van der Waals surface area contributed by atoms with Gasteiger partial charge in [0, 0.05) is 12.0 Å². The quantitative estimate of drug-likeness (QED) is 0.642. The van der Waals surface area contributed by atoms with E-state index in [4.69, 9.17) is 0 Å². The minimum atomic E-state index is -1.39. The van der Waals surface area contributed by atoms with Gasteiger partial charge in [-0.3, -0.25) is 4.79 Å². The maximum absolute atomic E-state index is 11.5. The van der Waals surface area contributed by atoms with Crippen LogP contribution in [0.4, 0.5) is 0 Å². The van der Waals surface area contributed by atoms with Crippen molar-refractivity contribution >= 4 is 11.8 Å². The van der Waals surface area contributed by atoms with Crippen LogP contribution in [0.1, 0.15) is 30.6 Å². The number of aliphatic hydroxyl groups is 1. The van der Waals surface area contributed by atoms with Crippen LogP contribution >= 0.6 is 0 Å². The third-order valence-electron chi connectivity index (χ3n) is 1.95. The zero-order valence-electron chi connectivity index (χ0n) is 10.3. The molecule has 94 valence electrons. The second-order valence-electron chi connectivity index (χ2n) is 3.03. The second-order valence-corrected chi connectivity index (χ2v) is 3.03. The van der Waals surface area contributed by atoms with Crippen molar-refractivity contribution in [2.75, 3.05) is 7.11 Å². The minimum Gasteiger partial charge on any atom is -0.467 e. The van der Waals surface area contributed by atoms with Gasteiger partial charge in [0.1, 0.15) is 0 Å². The fraction of sp³-hybridized carbons (Fsp3) is 0.385. The van der Waals surface area contributed by atoms with E-state index in [2.05, 4.69) is 4.74 Å². The summed E-state index contributed by atoms with van der Waals surface area (Å²) in [5, 5.41) is 9.25. The molecule has 0 aliphatic rings. The van der Waals surface area contributed by atoms with Gasteiger partial charge in [-0.25, -0.2) is 4.79 Å². The summed E-state index contributed by atoms with van der Waals surface area (Å²) in [6.07, 6.45) is -1.64. The van der Waals surface area contributed by atoms with E-state index in [-0.39, 0.29) is 12.2 Å². The summed E-state index contributed by atoms with van der Waals surface area (Å²) in [4.78, 5) is 22.4. The zero-order valence-corrected chi connectivity index (χ0v) is 10.3. The molecule has 0 aliphatic carbocycles. The van der Waals surface area contributed by atoms with Crippen LogP contribution in [0.5, 0.6) is 0 Å². The third-order valence-corrected chi connectivity index (χ3v) is 1.95. The fourth-order valence-corrected chi connectivity index (χ4v) is 1.14. The lowest BCUT2D eigenvalue weighted by Crippen LogP contribution is -2.24. The number of Topliss-reactive ketones (excluding diaryl/α,β-unsaturated/α-hetero) is 1. The molecular formula is C13H18O4. The van der Waals surface area contributed by atoms with Crippen molar-refractivity contribution in [3.8, 4) is 0 Å². The van der Waals surface area contributed by atoms with Crippen LogP contribution in [0.25, 0.3) is 0 Å². The van der Waals surface area contributed by atoms with E-state index in [9.17, 15) is 14.7 Å². The van der Waals surface area contributed by atoms with Gasteiger partial charge >= 0.3 is 5.97 Å². The summed E-state index contributed by atoms with van der Waals surface area (Å²) < 4.78 is 4.31. The molecule has 0 saturated heterocycles. The van der Waals surface area contributed by atoms with Crippen molar-refractivity contribution < 1.29 is 19.4 Å². The Morgan fingerprint density at radius 2 is 1.76 bits per heavy atom. The molecule has 0 saturated carbocycles. The molecule has 0 radical (unpaired) electrons. The Bertz CT molecular complexity index is 346. The van der Waals surface area contributed by atoms with E-state index < -0.39 is 12.1 Å². The first-order valence-electron chi connectivity index (χ1n) is 5.49. The van der Waals surface area contributed by atoms with Crippen LogP contribution < -0.4 is 0 Å². The van der Waals surface area contributed by atoms with Crippen LogP contribution in [0.2, 0.25) is 0 Å². The predicted molar refractivity (Wildman–Crippen MR) is 64.8 cm³/mol. The van der Waals surface area contributed by atoms with Crippen molar-refractivity contribution in [1.29, 1.82) is 0 Å². The topological polar surface area (TPSA) is 63.6 Å². The number of carbonyl (C=O) groups is 2. The number of ketones is 1. The highest BCUT2D eigenvalue weighted by molar-refractivity contribution is 5.98. The normalized spacial score (nSPS) is 10.8. The molecule has 4 nitrogen and oxygen atoms in total. The predicted octanol–water partition coefficient (Wildman–Crippen LogP) is 1.82. The molecule has 1 aromatic rings. The molecule has 1 N–H and O–H groups in total. The maximum atomic E-state index is 11.5. The van der Waals surface area contributed by atoms with Crippen LogP contribution in [0, 0.1) is 0 Å². The highest BCUT2D eigenvalue weighted by Crippen LogP contribution is 2.06.